The summed E-state index contributed by atoms with van der Waals surface area (Å²) in [5.74, 6) is 0.488. The number of ether oxygens (including phenoxy) is 1. The maximum Gasteiger partial charge on any atom is 0.318 e. The molecular weight excluding hydrogens is 228 g/mol. The molecular formula is C14H24N2O2. The molecule has 0 radical (unpaired) electrons. The molecule has 0 aromatic heterocycles. The third-order valence-electron chi connectivity index (χ3n) is 4.88. The highest BCUT2D eigenvalue weighted by molar-refractivity contribution is 5.79. The molecule has 2 amide bonds. The van der Waals surface area contributed by atoms with Crippen LogP contribution in [0, 0.1) is 5.92 Å². The predicted octanol–water partition coefficient (Wildman–Crippen LogP) is 2.13. The first kappa shape index (κ1) is 12.3. The first-order valence-electron chi connectivity index (χ1n) is 7.05. The minimum atomic E-state index is -0.142. The molecule has 4 atom stereocenters. The van der Waals surface area contributed by atoms with E-state index in [-0.39, 0.29) is 23.3 Å². The van der Waals surface area contributed by atoms with Gasteiger partial charge in [0.25, 0.3) is 0 Å². The molecule has 4 nitrogen and oxygen atoms in total. The number of likely N-dealkylation sites (tertiary alicyclic amines) is 1. The number of carbonyl (C=O) groups excluding carboxylic acids is 1. The van der Waals surface area contributed by atoms with Crippen molar-refractivity contribution in [3.63, 3.8) is 0 Å². The third kappa shape index (κ3) is 1.51. The average molecular weight is 252 g/mol. The van der Waals surface area contributed by atoms with Crippen molar-refractivity contribution in [1.82, 2.24) is 10.2 Å². The van der Waals surface area contributed by atoms with E-state index in [0.29, 0.717) is 18.0 Å². The molecule has 0 spiro atoms. The molecule has 3 heterocycles. The van der Waals surface area contributed by atoms with Gasteiger partial charge in [0, 0.05) is 12.0 Å². The zero-order valence-corrected chi connectivity index (χ0v) is 12.0. The lowest BCUT2D eigenvalue weighted by atomic mass is 9.69. The lowest BCUT2D eigenvalue weighted by Crippen LogP contribution is -2.58. The van der Waals surface area contributed by atoms with Crippen molar-refractivity contribution < 1.29 is 9.53 Å². The number of fused-ring (bicyclic) bond motifs is 2. The third-order valence-corrected chi connectivity index (χ3v) is 4.88. The zero-order chi connectivity index (χ0) is 13.3. The van der Waals surface area contributed by atoms with Crippen LogP contribution in [0.1, 0.15) is 47.5 Å². The predicted molar refractivity (Wildman–Crippen MR) is 69.4 cm³/mol. The van der Waals surface area contributed by atoms with E-state index in [2.05, 4.69) is 26.1 Å². The summed E-state index contributed by atoms with van der Waals surface area (Å²) in [5.41, 5.74) is -0.238. The van der Waals surface area contributed by atoms with Crippen LogP contribution in [0.25, 0.3) is 0 Å². The molecule has 4 aliphatic rings. The highest BCUT2D eigenvalue weighted by Gasteiger charge is 2.72. The van der Waals surface area contributed by atoms with Gasteiger partial charge in [-0.3, -0.25) is 0 Å². The Balaban J connectivity index is 1.82. The van der Waals surface area contributed by atoms with Gasteiger partial charge in [0.15, 0.2) is 0 Å². The minimum absolute atomic E-state index is 0.0828. The van der Waals surface area contributed by atoms with Crippen LogP contribution < -0.4 is 5.32 Å². The molecule has 4 fully saturated rings. The fraction of sp³-hybridized carbons (Fsp3) is 0.929. The number of amides is 2. The van der Waals surface area contributed by atoms with Gasteiger partial charge in [-0.05, 0) is 47.5 Å². The first-order valence-corrected chi connectivity index (χ1v) is 7.05. The molecule has 3 saturated heterocycles. The van der Waals surface area contributed by atoms with Crippen LogP contribution >= 0.6 is 0 Å². The van der Waals surface area contributed by atoms with Crippen LogP contribution in [0.4, 0.5) is 4.79 Å². The molecule has 0 unspecified atom stereocenters. The number of rotatable bonds is 1. The van der Waals surface area contributed by atoms with Crippen molar-refractivity contribution in [3.8, 4) is 0 Å². The maximum absolute atomic E-state index is 12.2. The number of nitrogens with zero attached hydrogens (tertiary/aromatic N) is 1. The highest BCUT2D eigenvalue weighted by atomic mass is 16.5. The van der Waals surface area contributed by atoms with E-state index >= 15 is 0 Å². The van der Waals surface area contributed by atoms with Crippen LogP contribution in [-0.2, 0) is 4.74 Å². The Morgan fingerprint density at radius 2 is 2.06 bits per heavy atom. The molecule has 1 N–H and O–H groups in total. The van der Waals surface area contributed by atoms with Gasteiger partial charge in [-0.1, -0.05) is 0 Å². The van der Waals surface area contributed by atoms with Crippen molar-refractivity contribution in [2.24, 2.45) is 5.92 Å². The Hall–Kier alpha value is -0.770. The molecule has 4 heteroatoms. The largest absolute Gasteiger partial charge is 0.367 e. The summed E-state index contributed by atoms with van der Waals surface area (Å²) in [6, 6.07) is 0.966. The van der Waals surface area contributed by atoms with E-state index in [4.69, 9.17) is 4.74 Å². The van der Waals surface area contributed by atoms with Crippen LogP contribution in [0.5, 0.6) is 0 Å². The molecule has 3 aliphatic heterocycles. The maximum atomic E-state index is 12.2. The van der Waals surface area contributed by atoms with Crippen molar-refractivity contribution in [3.05, 3.63) is 0 Å². The fourth-order valence-electron chi connectivity index (χ4n) is 4.21. The summed E-state index contributed by atoms with van der Waals surface area (Å²) in [6.45, 7) is 10.5. The summed E-state index contributed by atoms with van der Waals surface area (Å²) in [5, 5.41) is 3.01. The number of nitrogens with one attached hydrogen (secondary N) is 1. The Kier molecular flexibility index (Phi) is 2.32. The van der Waals surface area contributed by atoms with Gasteiger partial charge in [-0.15, -0.1) is 0 Å². The molecule has 18 heavy (non-hydrogen) atoms. The van der Waals surface area contributed by atoms with Gasteiger partial charge in [-0.2, -0.15) is 0 Å². The van der Waals surface area contributed by atoms with E-state index in [0.717, 1.165) is 6.42 Å². The van der Waals surface area contributed by atoms with Gasteiger partial charge in [0.1, 0.15) is 0 Å². The van der Waals surface area contributed by atoms with E-state index in [1.54, 1.807) is 0 Å². The second-order valence-corrected chi connectivity index (χ2v) is 7.11. The Morgan fingerprint density at radius 3 is 2.61 bits per heavy atom. The van der Waals surface area contributed by atoms with Crippen LogP contribution in [0.3, 0.4) is 0 Å². The van der Waals surface area contributed by atoms with Crippen molar-refractivity contribution in [2.75, 3.05) is 0 Å². The van der Waals surface area contributed by atoms with E-state index in [1.165, 1.54) is 6.42 Å². The van der Waals surface area contributed by atoms with E-state index in [9.17, 15) is 4.79 Å². The SMILES string of the molecule is CC(C)NC(=O)N1[C@H]2[C@H]1[C@]1(C)CC[C@@H]2C(C)(C)O1. The van der Waals surface area contributed by atoms with Gasteiger partial charge in [0.2, 0.25) is 0 Å². The van der Waals surface area contributed by atoms with Gasteiger partial charge >= 0.3 is 6.03 Å². The fourth-order valence-corrected chi connectivity index (χ4v) is 4.21. The Morgan fingerprint density at radius 1 is 1.39 bits per heavy atom. The quantitative estimate of drug-likeness (QED) is 0.726. The molecule has 2 bridgehead atoms. The molecule has 1 aliphatic carbocycles. The second kappa shape index (κ2) is 3.41. The summed E-state index contributed by atoms with van der Waals surface area (Å²) < 4.78 is 6.28. The van der Waals surface area contributed by atoms with Crippen LogP contribution in [0.2, 0.25) is 0 Å². The lowest BCUT2D eigenvalue weighted by Gasteiger charge is -2.51. The average Bonchev–Trinajstić information content (AvgIpc) is 2.90. The topological polar surface area (TPSA) is 41.3 Å². The zero-order valence-electron chi connectivity index (χ0n) is 12.0. The summed E-state index contributed by atoms with van der Waals surface area (Å²) in [4.78, 5) is 14.2. The molecule has 1 saturated carbocycles. The number of hydrogen-bond donors (Lipinski definition) is 1. The minimum Gasteiger partial charge on any atom is -0.367 e. The number of hydrogen-bond acceptors (Lipinski definition) is 2. The van der Waals surface area contributed by atoms with Gasteiger partial charge in [-0.25, -0.2) is 4.79 Å². The normalized spacial score (nSPS) is 43.9. The van der Waals surface area contributed by atoms with Crippen molar-refractivity contribution in [2.45, 2.75) is 76.8 Å². The molecule has 0 aromatic rings. The molecule has 4 rings (SSSR count). The van der Waals surface area contributed by atoms with Gasteiger partial charge in [0.05, 0.1) is 23.3 Å². The summed E-state index contributed by atoms with van der Waals surface area (Å²) in [7, 11) is 0. The smallest absolute Gasteiger partial charge is 0.318 e. The summed E-state index contributed by atoms with van der Waals surface area (Å²) in [6.07, 6.45) is 2.25. The van der Waals surface area contributed by atoms with Crippen LogP contribution in [-0.4, -0.2) is 40.3 Å². The van der Waals surface area contributed by atoms with Crippen molar-refractivity contribution in [1.29, 1.82) is 0 Å². The first-order chi connectivity index (χ1) is 8.26. The Bertz CT molecular complexity index is 393. The van der Waals surface area contributed by atoms with Crippen LogP contribution in [0.15, 0.2) is 0 Å². The van der Waals surface area contributed by atoms with E-state index in [1.807, 2.05) is 18.7 Å². The lowest BCUT2D eigenvalue weighted by molar-refractivity contribution is -0.214. The van der Waals surface area contributed by atoms with Gasteiger partial charge < -0.3 is 15.0 Å². The highest BCUT2D eigenvalue weighted by Crippen LogP contribution is 2.60. The molecule has 102 valence electrons. The number of carbonyl (C=O) groups is 1. The van der Waals surface area contributed by atoms with E-state index < -0.39 is 0 Å². The summed E-state index contributed by atoms with van der Waals surface area (Å²) >= 11 is 0. The molecule has 0 aromatic carbocycles. The number of urea groups is 1. The monoisotopic (exact) mass is 252 g/mol. The van der Waals surface area contributed by atoms with Crippen molar-refractivity contribution >= 4 is 6.03 Å². The second-order valence-electron chi connectivity index (χ2n) is 7.11. The standard InChI is InChI=1S/C14H24N2O2/c1-8(2)15-12(17)16-10-9-6-7-14(5,11(10)16)18-13(9,3)4/h8-11H,6-7H2,1-5H3,(H,15,17)/t9-,10+,11-,14-,16?/m0/s1. The Labute approximate surface area is 109 Å².